The summed E-state index contributed by atoms with van der Waals surface area (Å²) in [6.45, 7) is 0. The molecule has 1 unspecified atom stereocenters. The van der Waals surface area contributed by atoms with Crippen molar-refractivity contribution in [1.82, 2.24) is 15.2 Å². The lowest BCUT2D eigenvalue weighted by molar-refractivity contribution is 0.0975. The van der Waals surface area contributed by atoms with Crippen molar-refractivity contribution in [2.24, 2.45) is 0 Å². The molecule has 6 nitrogen and oxygen atoms in total. The van der Waals surface area contributed by atoms with E-state index in [1.165, 1.54) is 12.1 Å². The third-order valence-electron chi connectivity index (χ3n) is 4.94. The summed E-state index contributed by atoms with van der Waals surface area (Å²) in [5.74, 6) is -0.531. The summed E-state index contributed by atoms with van der Waals surface area (Å²) >= 11 is 0. The highest BCUT2D eigenvalue weighted by Gasteiger charge is 2.36. The number of amides is 1. The zero-order chi connectivity index (χ0) is 19.8. The Hall–Kier alpha value is -4.00. The number of carbonyl (C=O) groups excluding carboxylic acids is 1. The Morgan fingerprint density at radius 1 is 0.966 bits per heavy atom. The van der Waals surface area contributed by atoms with Crippen molar-refractivity contribution < 1.29 is 9.18 Å². The molecule has 3 heterocycles. The Labute approximate surface area is 166 Å². The first-order chi connectivity index (χ1) is 14.2. The number of pyridine rings is 1. The lowest BCUT2D eigenvalue weighted by Gasteiger charge is -2.38. The fourth-order valence-corrected chi connectivity index (χ4v) is 3.58. The third kappa shape index (κ3) is 2.93. The number of rotatable bonds is 3. The molecule has 142 valence electrons. The number of halogens is 1. The number of aromatic amines is 1. The van der Waals surface area contributed by atoms with E-state index in [0.29, 0.717) is 11.3 Å². The van der Waals surface area contributed by atoms with Crippen LogP contribution < -0.4 is 10.2 Å². The molecule has 0 saturated heterocycles. The maximum atomic E-state index is 13.5. The topological polar surface area (TPSA) is 73.9 Å². The average Bonchev–Trinajstić information content (AvgIpc) is 3.25. The molecule has 1 atom stereocenters. The van der Waals surface area contributed by atoms with Crippen LogP contribution in [0, 0.1) is 5.82 Å². The molecule has 1 aliphatic rings. The maximum absolute atomic E-state index is 13.5. The van der Waals surface area contributed by atoms with Crippen LogP contribution in [0.5, 0.6) is 0 Å². The lowest BCUT2D eigenvalue weighted by Crippen LogP contribution is -2.43. The number of hydrogen-bond acceptors (Lipinski definition) is 4. The quantitative estimate of drug-likeness (QED) is 0.549. The van der Waals surface area contributed by atoms with Gasteiger partial charge >= 0.3 is 0 Å². The molecule has 0 spiro atoms. The van der Waals surface area contributed by atoms with E-state index in [9.17, 15) is 9.18 Å². The van der Waals surface area contributed by atoms with Gasteiger partial charge in [0.05, 0.1) is 17.5 Å². The van der Waals surface area contributed by atoms with Gasteiger partial charge in [0.1, 0.15) is 12.0 Å². The molecular weight excluding hydrogens is 369 g/mol. The van der Waals surface area contributed by atoms with E-state index in [1.807, 2.05) is 30.3 Å². The van der Waals surface area contributed by atoms with Gasteiger partial charge in [0.2, 0.25) is 0 Å². The highest BCUT2D eigenvalue weighted by Crippen LogP contribution is 2.39. The van der Waals surface area contributed by atoms with Gasteiger partial charge in [-0.05, 0) is 48.5 Å². The van der Waals surface area contributed by atoms with E-state index in [-0.39, 0.29) is 11.7 Å². The van der Waals surface area contributed by atoms with Crippen molar-refractivity contribution in [2.45, 2.75) is 6.17 Å². The van der Waals surface area contributed by atoms with Gasteiger partial charge in [-0.2, -0.15) is 5.10 Å². The molecule has 2 aromatic heterocycles. The minimum Gasteiger partial charge on any atom is -0.360 e. The van der Waals surface area contributed by atoms with Crippen LogP contribution in [0.25, 0.3) is 11.3 Å². The molecule has 0 saturated carbocycles. The summed E-state index contributed by atoms with van der Waals surface area (Å²) in [5, 5.41) is 10.7. The fourth-order valence-electron chi connectivity index (χ4n) is 3.58. The van der Waals surface area contributed by atoms with E-state index < -0.39 is 6.17 Å². The van der Waals surface area contributed by atoms with Crippen LogP contribution in [-0.2, 0) is 0 Å². The molecule has 0 radical (unpaired) electrons. The number of aromatic nitrogens is 3. The first kappa shape index (κ1) is 17.1. The Kier molecular flexibility index (Phi) is 4.05. The monoisotopic (exact) mass is 385 g/mol. The molecule has 2 aromatic carbocycles. The normalized spacial score (nSPS) is 15.7. The predicted molar refractivity (Wildman–Crippen MR) is 108 cm³/mol. The van der Waals surface area contributed by atoms with E-state index in [1.54, 1.807) is 41.7 Å². The number of hydrogen-bond donors (Lipinski definition) is 2. The molecule has 0 aliphatic carbocycles. The number of benzene rings is 2. The number of carbonyl (C=O) groups is 1. The number of nitrogens with one attached hydrogen (secondary N) is 2. The van der Waals surface area contributed by atoms with Crippen LogP contribution in [0.4, 0.5) is 15.8 Å². The van der Waals surface area contributed by atoms with Crippen LogP contribution in [-0.4, -0.2) is 21.1 Å². The van der Waals surface area contributed by atoms with Crippen molar-refractivity contribution in [2.75, 3.05) is 10.2 Å². The van der Waals surface area contributed by atoms with Gasteiger partial charge in [-0.15, -0.1) is 0 Å². The van der Waals surface area contributed by atoms with Crippen LogP contribution >= 0.6 is 0 Å². The third-order valence-corrected chi connectivity index (χ3v) is 4.94. The maximum Gasteiger partial charge on any atom is 0.262 e. The minimum absolute atomic E-state index is 0.172. The number of H-pyrrole nitrogens is 1. The standard InChI is InChI=1S/C22H16FN5O/c23-15-7-9-16(10-8-15)28-21(26-19-6-2-1-5-17(19)22(28)29)18-13-25-27-20(18)14-4-3-11-24-12-14/h1-13,21,26H,(H,25,27). The number of nitrogens with zero attached hydrogens (tertiary/aromatic N) is 3. The second kappa shape index (κ2) is 6.87. The van der Waals surface area contributed by atoms with E-state index in [2.05, 4.69) is 20.5 Å². The van der Waals surface area contributed by atoms with Gasteiger partial charge in [0.15, 0.2) is 0 Å². The molecule has 29 heavy (non-hydrogen) atoms. The first-order valence-electron chi connectivity index (χ1n) is 9.11. The van der Waals surface area contributed by atoms with Crippen molar-refractivity contribution in [1.29, 1.82) is 0 Å². The van der Waals surface area contributed by atoms with Crippen molar-refractivity contribution >= 4 is 17.3 Å². The molecule has 0 bridgehead atoms. The molecule has 7 heteroatoms. The molecule has 1 aliphatic heterocycles. The molecule has 5 rings (SSSR count). The van der Waals surface area contributed by atoms with Crippen molar-refractivity contribution in [3.8, 4) is 11.3 Å². The highest BCUT2D eigenvalue weighted by molar-refractivity contribution is 6.12. The summed E-state index contributed by atoms with van der Waals surface area (Å²) in [6.07, 6.45) is 4.59. The highest BCUT2D eigenvalue weighted by atomic mass is 19.1. The number of anilines is 2. The summed E-state index contributed by atoms with van der Waals surface area (Å²) in [6, 6.07) is 17.0. The average molecular weight is 385 g/mol. The van der Waals surface area contributed by atoms with Crippen LogP contribution in [0.1, 0.15) is 22.1 Å². The summed E-state index contributed by atoms with van der Waals surface area (Å²) in [7, 11) is 0. The zero-order valence-electron chi connectivity index (χ0n) is 15.2. The fraction of sp³-hybridized carbons (Fsp3) is 0.0455. The Bertz CT molecular complexity index is 1170. The predicted octanol–water partition coefficient (Wildman–Crippen LogP) is 4.38. The summed E-state index contributed by atoms with van der Waals surface area (Å²) in [5.41, 5.74) is 4.27. The second-order valence-corrected chi connectivity index (χ2v) is 6.69. The zero-order valence-corrected chi connectivity index (χ0v) is 15.2. The van der Waals surface area contributed by atoms with Gasteiger partial charge in [-0.1, -0.05) is 12.1 Å². The van der Waals surface area contributed by atoms with E-state index in [0.717, 1.165) is 22.5 Å². The lowest BCUT2D eigenvalue weighted by atomic mass is 10.0. The van der Waals surface area contributed by atoms with E-state index >= 15 is 0 Å². The first-order valence-corrected chi connectivity index (χ1v) is 9.11. The molecule has 4 aromatic rings. The van der Waals surface area contributed by atoms with Crippen LogP contribution in [0.2, 0.25) is 0 Å². The second-order valence-electron chi connectivity index (χ2n) is 6.69. The molecule has 2 N–H and O–H groups in total. The SMILES string of the molecule is O=C1c2ccccc2NC(c2cn[nH]c2-c2cccnc2)N1c1ccc(F)cc1. The van der Waals surface area contributed by atoms with Gasteiger partial charge in [-0.3, -0.25) is 19.8 Å². The minimum atomic E-state index is -0.531. The molecule has 1 amide bonds. The van der Waals surface area contributed by atoms with Crippen molar-refractivity contribution in [3.63, 3.8) is 0 Å². The van der Waals surface area contributed by atoms with Gasteiger partial charge in [0.25, 0.3) is 5.91 Å². The largest absolute Gasteiger partial charge is 0.360 e. The van der Waals surface area contributed by atoms with E-state index in [4.69, 9.17) is 0 Å². The Morgan fingerprint density at radius 3 is 2.59 bits per heavy atom. The van der Waals surface area contributed by atoms with Gasteiger partial charge in [0, 0.05) is 34.9 Å². The molecule has 0 fully saturated rings. The summed E-state index contributed by atoms with van der Waals surface area (Å²) < 4.78 is 13.5. The van der Waals surface area contributed by atoms with Gasteiger partial charge in [-0.25, -0.2) is 4.39 Å². The van der Waals surface area contributed by atoms with Crippen LogP contribution in [0.15, 0.2) is 79.3 Å². The van der Waals surface area contributed by atoms with Crippen LogP contribution in [0.3, 0.4) is 0 Å². The Balaban J connectivity index is 1.67. The van der Waals surface area contributed by atoms with Crippen molar-refractivity contribution in [3.05, 3.63) is 96.2 Å². The van der Waals surface area contributed by atoms with Gasteiger partial charge < -0.3 is 5.32 Å². The summed E-state index contributed by atoms with van der Waals surface area (Å²) in [4.78, 5) is 19.2. The Morgan fingerprint density at radius 2 is 1.79 bits per heavy atom. The smallest absolute Gasteiger partial charge is 0.262 e. The molecular formula is C22H16FN5O. The number of para-hydroxylation sites is 1. The number of fused-ring (bicyclic) bond motifs is 1.